The van der Waals surface area contributed by atoms with Crippen molar-refractivity contribution in [2.45, 2.75) is 25.8 Å². The Hall–Kier alpha value is -1.53. The van der Waals surface area contributed by atoms with Crippen LogP contribution in [-0.4, -0.2) is 46.0 Å². The zero-order valence-corrected chi connectivity index (χ0v) is 13.5. The average Bonchev–Trinajstić information content (AvgIpc) is 3.20. The van der Waals surface area contributed by atoms with Crippen LogP contribution >= 0.6 is 11.3 Å². The predicted molar refractivity (Wildman–Crippen MR) is 87.9 cm³/mol. The summed E-state index contributed by atoms with van der Waals surface area (Å²) in [7, 11) is 0. The Morgan fingerprint density at radius 1 is 1.05 bits per heavy atom. The van der Waals surface area contributed by atoms with Crippen molar-refractivity contribution in [3.8, 4) is 0 Å². The van der Waals surface area contributed by atoms with Gasteiger partial charge in [0.2, 0.25) is 5.95 Å². The molecule has 2 aromatic heterocycles. The van der Waals surface area contributed by atoms with Crippen LogP contribution in [0.4, 0.5) is 5.95 Å². The summed E-state index contributed by atoms with van der Waals surface area (Å²) in [6.45, 7) is 5.53. The number of nitrogens with zero attached hydrogens (tertiary/aromatic N) is 5. The second kappa shape index (κ2) is 5.93. The largest absolute Gasteiger partial charge is 0.340 e. The van der Waals surface area contributed by atoms with Crippen molar-refractivity contribution in [3.63, 3.8) is 0 Å². The Balaban J connectivity index is 1.43. The summed E-state index contributed by atoms with van der Waals surface area (Å²) >= 11 is 1.76. The number of thiazole rings is 1. The van der Waals surface area contributed by atoms with E-state index >= 15 is 0 Å². The maximum absolute atomic E-state index is 4.43. The van der Waals surface area contributed by atoms with Crippen LogP contribution < -0.4 is 4.90 Å². The van der Waals surface area contributed by atoms with E-state index in [-0.39, 0.29) is 0 Å². The van der Waals surface area contributed by atoms with Gasteiger partial charge in [0.15, 0.2) is 0 Å². The van der Waals surface area contributed by atoms with E-state index < -0.39 is 0 Å². The molecule has 0 saturated carbocycles. The minimum atomic E-state index is 0.411. The molecular formula is C16H21N5S. The van der Waals surface area contributed by atoms with Gasteiger partial charge in [-0.3, -0.25) is 4.90 Å². The molecule has 0 aliphatic carbocycles. The van der Waals surface area contributed by atoms with Crippen molar-refractivity contribution in [2.24, 2.45) is 5.41 Å². The Morgan fingerprint density at radius 3 is 2.77 bits per heavy atom. The Morgan fingerprint density at radius 2 is 1.95 bits per heavy atom. The molecule has 0 amide bonds. The Kier molecular flexibility index (Phi) is 3.80. The van der Waals surface area contributed by atoms with Gasteiger partial charge in [-0.05, 0) is 31.9 Å². The number of aromatic nitrogens is 3. The minimum absolute atomic E-state index is 0.411. The van der Waals surface area contributed by atoms with Crippen LogP contribution in [0.1, 0.15) is 24.3 Å². The molecule has 2 aliphatic rings. The molecule has 6 heteroatoms. The first kappa shape index (κ1) is 14.1. The molecule has 4 heterocycles. The third-order valence-electron chi connectivity index (χ3n) is 4.86. The van der Waals surface area contributed by atoms with Crippen molar-refractivity contribution in [1.82, 2.24) is 19.9 Å². The first-order valence-corrected chi connectivity index (χ1v) is 8.84. The fraction of sp³-hybridized carbons (Fsp3) is 0.562. The van der Waals surface area contributed by atoms with Gasteiger partial charge in [0.05, 0.1) is 6.54 Å². The Bertz CT molecular complexity index is 602. The highest BCUT2D eigenvalue weighted by molar-refractivity contribution is 7.09. The lowest BCUT2D eigenvalue weighted by Crippen LogP contribution is -2.45. The SMILES string of the molecule is c1cnc(N2CCCC3(CCN(Cc4nccs4)C3)C2)nc1. The van der Waals surface area contributed by atoms with Crippen molar-refractivity contribution < 1.29 is 0 Å². The van der Waals surface area contributed by atoms with Crippen LogP contribution in [0.3, 0.4) is 0 Å². The second-order valence-corrected chi connectivity index (χ2v) is 7.44. The van der Waals surface area contributed by atoms with Gasteiger partial charge in [0, 0.05) is 49.0 Å². The monoisotopic (exact) mass is 315 g/mol. The molecule has 116 valence electrons. The predicted octanol–water partition coefficient (Wildman–Crippen LogP) is 2.43. The van der Waals surface area contributed by atoms with Crippen LogP contribution in [0.15, 0.2) is 30.0 Å². The Labute approximate surface area is 135 Å². The number of rotatable bonds is 3. The lowest BCUT2D eigenvalue weighted by atomic mass is 9.79. The summed E-state index contributed by atoms with van der Waals surface area (Å²) < 4.78 is 0. The molecule has 2 saturated heterocycles. The van der Waals surface area contributed by atoms with Gasteiger partial charge in [0.1, 0.15) is 5.01 Å². The first-order chi connectivity index (χ1) is 10.8. The number of hydrogen-bond acceptors (Lipinski definition) is 6. The molecule has 0 aromatic carbocycles. The lowest BCUT2D eigenvalue weighted by molar-refractivity contribution is 0.215. The summed E-state index contributed by atoms with van der Waals surface area (Å²) in [5.74, 6) is 0.889. The number of anilines is 1. The van der Waals surface area contributed by atoms with E-state index in [9.17, 15) is 0 Å². The van der Waals surface area contributed by atoms with E-state index in [0.29, 0.717) is 5.41 Å². The van der Waals surface area contributed by atoms with E-state index in [0.717, 1.165) is 25.6 Å². The number of piperidine rings is 1. The van der Waals surface area contributed by atoms with Crippen LogP contribution in [0.25, 0.3) is 0 Å². The van der Waals surface area contributed by atoms with Crippen molar-refractivity contribution >= 4 is 17.3 Å². The minimum Gasteiger partial charge on any atom is -0.340 e. The summed E-state index contributed by atoms with van der Waals surface area (Å²) in [5.41, 5.74) is 0.411. The van der Waals surface area contributed by atoms with Crippen molar-refractivity contribution in [2.75, 3.05) is 31.1 Å². The molecular weight excluding hydrogens is 294 g/mol. The molecule has 1 spiro atoms. The maximum Gasteiger partial charge on any atom is 0.225 e. The number of likely N-dealkylation sites (tertiary alicyclic amines) is 1. The third-order valence-corrected chi connectivity index (χ3v) is 5.62. The molecule has 0 radical (unpaired) electrons. The molecule has 2 aliphatic heterocycles. The molecule has 0 bridgehead atoms. The fourth-order valence-electron chi connectivity index (χ4n) is 3.85. The van der Waals surface area contributed by atoms with E-state index in [1.54, 1.807) is 11.3 Å². The average molecular weight is 315 g/mol. The summed E-state index contributed by atoms with van der Waals surface area (Å²) in [6, 6.07) is 1.88. The normalized spacial score (nSPS) is 25.9. The molecule has 0 N–H and O–H groups in total. The van der Waals surface area contributed by atoms with E-state index in [2.05, 4.69) is 30.1 Å². The summed E-state index contributed by atoms with van der Waals surface area (Å²) in [6.07, 6.45) is 9.43. The van der Waals surface area contributed by atoms with Gasteiger partial charge < -0.3 is 4.90 Å². The van der Waals surface area contributed by atoms with Gasteiger partial charge in [-0.1, -0.05) is 0 Å². The quantitative estimate of drug-likeness (QED) is 0.870. The second-order valence-electron chi connectivity index (χ2n) is 6.46. The van der Waals surface area contributed by atoms with E-state index in [1.807, 2.05) is 24.7 Å². The first-order valence-electron chi connectivity index (χ1n) is 7.96. The molecule has 2 aromatic rings. The van der Waals surface area contributed by atoms with Gasteiger partial charge in [-0.15, -0.1) is 11.3 Å². The van der Waals surface area contributed by atoms with Gasteiger partial charge >= 0.3 is 0 Å². The van der Waals surface area contributed by atoms with Crippen molar-refractivity contribution in [1.29, 1.82) is 0 Å². The van der Waals surface area contributed by atoms with Crippen LogP contribution in [0.5, 0.6) is 0 Å². The zero-order valence-electron chi connectivity index (χ0n) is 12.7. The molecule has 5 nitrogen and oxygen atoms in total. The van der Waals surface area contributed by atoms with Crippen LogP contribution in [0.2, 0.25) is 0 Å². The topological polar surface area (TPSA) is 45.2 Å². The number of hydrogen-bond donors (Lipinski definition) is 0. The van der Waals surface area contributed by atoms with Crippen LogP contribution in [0, 0.1) is 5.41 Å². The molecule has 4 rings (SSSR count). The van der Waals surface area contributed by atoms with E-state index in [4.69, 9.17) is 0 Å². The summed E-state index contributed by atoms with van der Waals surface area (Å²) in [4.78, 5) is 18.2. The highest BCUT2D eigenvalue weighted by Gasteiger charge is 2.41. The highest BCUT2D eigenvalue weighted by atomic mass is 32.1. The highest BCUT2D eigenvalue weighted by Crippen LogP contribution is 2.40. The molecule has 1 atom stereocenters. The van der Waals surface area contributed by atoms with Crippen LogP contribution in [-0.2, 0) is 6.54 Å². The smallest absolute Gasteiger partial charge is 0.225 e. The zero-order chi connectivity index (χ0) is 14.8. The maximum atomic E-state index is 4.43. The van der Waals surface area contributed by atoms with Gasteiger partial charge in [-0.2, -0.15) is 0 Å². The standard InChI is InChI=1S/C16H21N5S/c1-3-16(13-21(8-1)15-18-5-2-6-19-15)4-9-20(12-16)11-14-17-7-10-22-14/h2,5-7,10H,1,3-4,8-9,11-13H2. The molecule has 1 unspecified atom stereocenters. The van der Waals surface area contributed by atoms with E-state index in [1.165, 1.54) is 37.4 Å². The fourth-order valence-corrected chi connectivity index (χ4v) is 4.51. The molecule has 22 heavy (non-hydrogen) atoms. The van der Waals surface area contributed by atoms with Gasteiger partial charge in [-0.25, -0.2) is 15.0 Å². The third kappa shape index (κ3) is 2.85. The van der Waals surface area contributed by atoms with Gasteiger partial charge in [0.25, 0.3) is 0 Å². The molecule has 2 fully saturated rings. The lowest BCUT2D eigenvalue weighted by Gasteiger charge is -2.40. The summed E-state index contributed by atoms with van der Waals surface area (Å²) in [5, 5.41) is 3.30. The van der Waals surface area contributed by atoms with Crippen molar-refractivity contribution in [3.05, 3.63) is 35.0 Å².